The molecule has 0 nitrogen and oxygen atoms in total. The van der Waals surface area contributed by atoms with Crippen LogP contribution in [0.3, 0.4) is 0 Å². The lowest BCUT2D eigenvalue weighted by Crippen LogP contribution is -1.97. The molecule has 0 aliphatic carbocycles. The molecule has 0 bridgehead atoms. The fraction of sp³-hybridized carbons (Fsp3) is 0.0204. The molecule has 0 radical (unpaired) electrons. The Morgan fingerprint density at radius 1 is 0.367 bits per heavy atom. The second-order valence-corrected chi connectivity index (χ2v) is 12.6. The molecule has 0 saturated carbocycles. The second-order valence-electron chi connectivity index (χ2n) is 12.6. The molecule has 0 atom stereocenters. The molecule has 49 heavy (non-hydrogen) atoms. The van der Waals surface area contributed by atoms with E-state index in [4.69, 9.17) is 5.48 Å². The first-order valence-corrected chi connectivity index (χ1v) is 16.5. The summed E-state index contributed by atoms with van der Waals surface area (Å²) in [5, 5.41) is 9.50. The zero-order valence-electron chi connectivity index (χ0n) is 34.4. The van der Waals surface area contributed by atoms with Crippen molar-refractivity contribution in [3.05, 3.63) is 193 Å². The Morgan fingerprint density at radius 3 is 1.63 bits per heavy atom. The second kappa shape index (κ2) is 11.2. The first-order chi connectivity index (χ1) is 27.6. The van der Waals surface area contributed by atoms with Crippen molar-refractivity contribution in [1.82, 2.24) is 0 Å². The van der Waals surface area contributed by atoms with Crippen LogP contribution in [0.25, 0.3) is 86.9 Å². The maximum absolute atomic E-state index is 9.40. The topological polar surface area (TPSA) is 0 Å². The molecule has 0 unspecified atom stereocenters. The molecular weight excluding hydrogens is 589 g/mol. The van der Waals surface area contributed by atoms with Gasteiger partial charge in [0.05, 0.1) is 11.0 Å². The quantitative estimate of drug-likeness (QED) is 0.134. The summed E-state index contributed by atoms with van der Waals surface area (Å²) < 4.78 is 72.9. The largest absolute Gasteiger partial charge is 0.0629 e. The normalized spacial score (nSPS) is 14.0. The van der Waals surface area contributed by atoms with E-state index >= 15 is 0 Å². The number of benzene rings is 10. The molecule has 0 amide bonds. The van der Waals surface area contributed by atoms with Crippen molar-refractivity contribution in [2.24, 2.45) is 0 Å². The minimum Gasteiger partial charge on any atom is -0.0616 e. The van der Waals surface area contributed by atoms with E-state index in [2.05, 4.69) is 66.7 Å². The van der Waals surface area contributed by atoms with Gasteiger partial charge < -0.3 is 0 Å². The molecule has 0 N–H and O–H groups in total. The Bertz CT molecular complexity index is 3270. The van der Waals surface area contributed by atoms with E-state index in [1.54, 1.807) is 0 Å². The summed E-state index contributed by atoms with van der Waals surface area (Å²) in [7, 11) is 0. The van der Waals surface area contributed by atoms with Crippen molar-refractivity contribution in [3.63, 3.8) is 0 Å². The molecule has 0 aliphatic rings. The molecule has 10 aromatic carbocycles. The Kier molecular flexibility index (Phi) is 4.77. The zero-order valence-corrected chi connectivity index (χ0v) is 26.4. The predicted molar refractivity (Wildman–Crippen MR) is 212 cm³/mol. The molecular formula is C49H32. The summed E-state index contributed by atoms with van der Waals surface area (Å²) in [5.41, 5.74) is 4.19. The van der Waals surface area contributed by atoms with Gasteiger partial charge in [-0.25, -0.2) is 0 Å². The highest BCUT2D eigenvalue weighted by Gasteiger charge is 2.18. The van der Waals surface area contributed by atoms with Gasteiger partial charge in [-0.3, -0.25) is 0 Å². The molecule has 0 saturated heterocycles. The van der Waals surface area contributed by atoms with E-state index in [1.165, 1.54) is 0 Å². The first-order valence-electron chi connectivity index (χ1n) is 20.5. The molecule has 10 rings (SSSR count). The van der Waals surface area contributed by atoms with Crippen LogP contribution in [0.2, 0.25) is 0 Å². The molecule has 0 fully saturated rings. The Labute approximate surface area is 296 Å². The molecule has 0 heterocycles. The maximum atomic E-state index is 9.40. The molecule has 0 aromatic heterocycles. The summed E-state index contributed by atoms with van der Waals surface area (Å²) in [6.45, 7) is 0. The van der Waals surface area contributed by atoms with Crippen LogP contribution >= 0.6 is 0 Å². The smallest absolute Gasteiger partial charge is 0.0616 e. The van der Waals surface area contributed by atoms with Crippen molar-refractivity contribution in [2.75, 3.05) is 0 Å². The average Bonchev–Trinajstić information content (AvgIpc) is 3.25. The minimum absolute atomic E-state index is 0.154. The van der Waals surface area contributed by atoms with Gasteiger partial charge in [-0.15, -0.1) is 0 Å². The van der Waals surface area contributed by atoms with E-state index in [1.807, 2.05) is 66.7 Å². The van der Waals surface area contributed by atoms with E-state index in [0.29, 0.717) is 16.7 Å². The van der Waals surface area contributed by atoms with Crippen molar-refractivity contribution < 1.29 is 11.0 Å². The molecule has 0 aliphatic heterocycles. The van der Waals surface area contributed by atoms with E-state index in [9.17, 15) is 5.48 Å². The summed E-state index contributed by atoms with van der Waals surface area (Å²) in [6.07, 6.45) is 0.154. The summed E-state index contributed by atoms with van der Waals surface area (Å²) in [6, 6.07) is 42.1. The maximum Gasteiger partial charge on any atom is 0.0629 e. The van der Waals surface area contributed by atoms with Crippen LogP contribution in [0.5, 0.6) is 0 Å². The standard InChI is InChI=1S/C49H32/c1-2-13-36-29-37(27-23-32(36)11-1)33-21-25-35(26-22-33)48-45-19-9-6-16-42(45)47(43-17-7-10-20-46(43)48)31-39-30-38-28-24-34-12-3-4-15-41(34)49(38)44-18-8-5-14-40(39)44/h1-30H,31H2/i6D,7D,9D,10D,16D,17D,19D,20D. The van der Waals surface area contributed by atoms with Crippen LogP contribution in [0, 0.1) is 0 Å². The zero-order chi connectivity index (χ0) is 39.3. The minimum atomic E-state index is -0.407. The molecule has 0 heteroatoms. The van der Waals surface area contributed by atoms with E-state index in [-0.39, 0.29) is 52.1 Å². The molecule has 10 aromatic rings. The predicted octanol–water partition coefficient (Wildman–Crippen LogP) is 13.5. The van der Waals surface area contributed by atoms with Crippen LogP contribution in [-0.2, 0) is 6.42 Å². The van der Waals surface area contributed by atoms with Gasteiger partial charge in [-0.1, -0.05) is 176 Å². The van der Waals surface area contributed by atoms with Crippen molar-refractivity contribution in [2.45, 2.75) is 6.42 Å². The Balaban J connectivity index is 1.29. The van der Waals surface area contributed by atoms with Gasteiger partial charge in [0.1, 0.15) is 0 Å². The third kappa shape index (κ3) is 4.53. The SMILES string of the molecule is [2H]c1c([2H])c([2H])c2c(-c3ccc(-c4ccc5ccccc5c4)cc3)c3c([2H])c([2H])c([2H])c([2H])c3c(Cc3cc4ccc5ccccc5c4c4ccccc34)c2c1[2H]. The van der Waals surface area contributed by atoms with Crippen LogP contribution in [0.4, 0.5) is 0 Å². The van der Waals surface area contributed by atoms with Gasteiger partial charge in [0, 0.05) is 0 Å². The Hall–Kier alpha value is -6.24. The van der Waals surface area contributed by atoms with Gasteiger partial charge in [0.2, 0.25) is 0 Å². The number of hydrogen-bond acceptors (Lipinski definition) is 0. The lowest BCUT2D eigenvalue weighted by molar-refractivity contribution is 1.26. The van der Waals surface area contributed by atoms with Crippen molar-refractivity contribution in [1.29, 1.82) is 0 Å². The summed E-state index contributed by atoms with van der Waals surface area (Å²) in [5.74, 6) is 0. The first kappa shape index (κ1) is 20.9. The lowest BCUT2D eigenvalue weighted by Gasteiger charge is -2.19. The highest BCUT2D eigenvalue weighted by molar-refractivity contribution is 6.21. The molecule has 0 spiro atoms. The van der Waals surface area contributed by atoms with Gasteiger partial charge in [-0.05, 0) is 111 Å². The third-order valence-corrected chi connectivity index (χ3v) is 9.94. The fourth-order valence-corrected chi connectivity index (χ4v) is 7.66. The van der Waals surface area contributed by atoms with Gasteiger partial charge in [0.25, 0.3) is 0 Å². The average molecular weight is 629 g/mol. The van der Waals surface area contributed by atoms with Crippen LogP contribution in [-0.4, -0.2) is 0 Å². The van der Waals surface area contributed by atoms with E-state index in [0.717, 1.165) is 59.8 Å². The molecule has 228 valence electrons. The summed E-state index contributed by atoms with van der Waals surface area (Å²) >= 11 is 0. The number of fused-ring (bicyclic) bond motifs is 8. The van der Waals surface area contributed by atoms with Crippen LogP contribution in [0.1, 0.15) is 22.1 Å². The van der Waals surface area contributed by atoms with Gasteiger partial charge >= 0.3 is 0 Å². The third-order valence-electron chi connectivity index (χ3n) is 9.94. The van der Waals surface area contributed by atoms with Crippen LogP contribution in [0.15, 0.2) is 182 Å². The monoisotopic (exact) mass is 628 g/mol. The van der Waals surface area contributed by atoms with Crippen molar-refractivity contribution >= 4 is 64.6 Å². The highest BCUT2D eigenvalue weighted by atomic mass is 14.2. The highest BCUT2D eigenvalue weighted by Crippen LogP contribution is 2.42. The Morgan fingerprint density at radius 2 is 0.898 bits per heavy atom. The summed E-state index contributed by atoms with van der Waals surface area (Å²) in [4.78, 5) is 0. The fourth-order valence-electron chi connectivity index (χ4n) is 7.66. The number of hydrogen-bond donors (Lipinski definition) is 0. The lowest BCUT2D eigenvalue weighted by atomic mass is 9.84. The number of rotatable bonds is 4. The van der Waals surface area contributed by atoms with Gasteiger partial charge in [0.15, 0.2) is 0 Å². The van der Waals surface area contributed by atoms with Gasteiger partial charge in [-0.2, -0.15) is 0 Å². The van der Waals surface area contributed by atoms with Crippen LogP contribution < -0.4 is 0 Å². The van der Waals surface area contributed by atoms with E-state index < -0.39 is 24.2 Å². The van der Waals surface area contributed by atoms with Crippen molar-refractivity contribution in [3.8, 4) is 22.3 Å².